The van der Waals surface area contributed by atoms with E-state index in [9.17, 15) is 37.5 Å². The van der Waals surface area contributed by atoms with Crippen molar-refractivity contribution in [3.8, 4) is 35.2 Å². The van der Waals surface area contributed by atoms with E-state index in [1.165, 1.54) is 58.3 Å². The van der Waals surface area contributed by atoms with Crippen LogP contribution in [0.15, 0.2) is 84.9 Å². The number of imide groups is 2. The van der Waals surface area contributed by atoms with Crippen molar-refractivity contribution in [3.05, 3.63) is 130 Å². The molecule has 8 amide bonds. The van der Waals surface area contributed by atoms with Gasteiger partial charge in [-0.05, 0) is 103 Å². The lowest BCUT2D eigenvalue weighted by atomic mass is 9.89. The number of nitrogens with zero attached hydrogens (tertiary/aromatic N) is 3. The summed E-state index contributed by atoms with van der Waals surface area (Å²) < 4.78 is 44.3. The number of fused-ring (bicyclic) bond motifs is 2. The van der Waals surface area contributed by atoms with E-state index in [1.54, 1.807) is 24.3 Å². The number of carbonyl (C=O) groups excluding carboxylic acids is 6. The molecule has 372 valence electrons. The molecule has 4 aromatic rings. The maximum atomic E-state index is 13.8. The number of hydrogen-bond acceptors (Lipinski definition) is 9. The monoisotopic (exact) mass is 996 g/mol. The number of amides is 8. The molecule has 0 spiro atoms. The van der Waals surface area contributed by atoms with Crippen LogP contribution in [0.2, 0.25) is 25.7 Å². The quantitative estimate of drug-likeness (QED) is 0.0511. The zero-order valence-corrected chi connectivity index (χ0v) is 41.2. The van der Waals surface area contributed by atoms with E-state index in [1.807, 2.05) is 12.1 Å². The molecule has 3 N–H and O–H groups in total. The third kappa shape index (κ3) is 11.0. The fourth-order valence-electron chi connectivity index (χ4n) is 8.79. The second kappa shape index (κ2) is 20.3. The SMILES string of the molecule is C[Si](C)(C)CCOCN1C(=O)N[C@@](CN2Cc3ccc(OCC#CC4CC4)cc3C2=O)(c2ccc(F)cc2)C1=O.O=C1NC(=O)[C@](CN2Cc3ccc(OCC#CC4CC4)cc3C2=O)(c2ccc(F)cc2)N1. The standard InChI is InChI=1S/C30H34FN3O5Si.C24H20FN3O4/c1-40(2,3)16-15-38-20-34-28(36)30(32-29(34)37,23-9-11-24(31)12-10-23)19-33-18-22-8-13-25(17-26(22)27(33)35)39-14-4-5-21-6-7-21;25-18-8-6-17(7-9-18)24(22(30)26-23(31)27-24)14-28-13-16-5-10-19(12-20(16)21(28)29)32-11-1-2-15-3-4-15/h8-13,17,21H,6-7,14-16,18-20H2,1-3H3,(H,32,37);5-10,12,15H,3-4,11,13-14H2,(H2,26,27,30,31)/t30-;24-/m00/s1. The summed E-state index contributed by atoms with van der Waals surface area (Å²) >= 11 is 0. The molecule has 72 heavy (non-hydrogen) atoms. The van der Waals surface area contributed by atoms with Crippen LogP contribution < -0.4 is 25.4 Å². The molecular formula is C54H54F2N6O9Si. The molecule has 4 aliphatic heterocycles. The number of benzene rings is 4. The van der Waals surface area contributed by atoms with E-state index in [0.29, 0.717) is 52.2 Å². The first-order valence-corrected chi connectivity index (χ1v) is 27.7. The van der Waals surface area contributed by atoms with E-state index in [2.05, 4.69) is 59.3 Å². The summed E-state index contributed by atoms with van der Waals surface area (Å²) in [5.74, 6) is 11.7. The van der Waals surface area contributed by atoms with Crippen molar-refractivity contribution >= 4 is 43.8 Å². The van der Waals surface area contributed by atoms with Gasteiger partial charge in [0.05, 0.1) is 13.1 Å². The van der Waals surface area contributed by atoms with Gasteiger partial charge in [-0.15, -0.1) is 0 Å². The fraction of sp³-hybridized carbons (Fsp3) is 0.370. The minimum Gasteiger partial charge on any atom is -0.481 e. The third-order valence-corrected chi connectivity index (χ3v) is 14.9. The highest BCUT2D eigenvalue weighted by atomic mass is 28.3. The third-order valence-electron chi connectivity index (χ3n) is 13.2. The van der Waals surface area contributed by atoms with Gasteiger partial charge in [0, 0.05) is 50.7 Å². The molecular weight excluding hydrogens is 943 g/mol. The average Bonchev–Trinajstić information content (AvgIpc) is 4.27. The molecule has 6 aliphatic rings. The topological polar surface area (TPSA) is 176 Å². The smallest absolute Gasteiger partial charge is 0.327 e. The summed E-state index contributed by atoms with van der Waals surface area (Å²) in [6.45, 7) is 7.72. The molecule has 0 aromatic heterocycles. The van der Waals surface area contributed by atoms with Crippen LogP contribution in [0.4, 0.5) is 18.4 Å². The normalized spacial score (nSPS) is 20.9. The van der Waals surface area contributed by atoms with Gasteiger partial charge >= 0.3 is 12.1 Å². The van der Waals surface area contributed by atoms with E-state index < -0.39 is 54.7 Å². The van der Waals surface area contributed by atoms with Crippen molar-refractivity contribution in [2.45, 2.75) is 75.5 Å². The highest BCUT2D eigenvalue weighted by molar-refractivity contribution is 6.76. The molecule has 0 radical (unpaired) electrons. The van der Waals surface area contributed by atoms with Gasteiger partial charge in [-0.3, -0.25) is 24.5 Å². The molecule has 2 saturated carbocycles. The van der Waals surface area contributed by atoms with Crippen LogP contribution in [-0.2, 0) is 38.5 Å². The lowest BCUT2D eigenvalue weighted by Gasteiger charge is -2.31. The van der Waals surface area contributed by atoms with E-state index in [-0.39, 0.29) is 57.9 Å². The Morgan fingerprint density at radius 2 is 1.14 bits per heavy atom. The van der Waals surface area contributed by atoms with E-state index >= 15 is 0 Å². The number of halogens is 2. The van der Waals surface area contributed by atoms with Crippen LogP contribution in [0, 0.1) is 47.2 Å². The number of urea groups is 2. The molecule has 4 heterocycles. The molecule has 2 aliphatic carbocycles. The summed E-state index contributed by atoms with van der Waals surface area (Å²) in [5.41, 5.74) is 0.247. The second-order valence-electron chi connectivity index (χ2n) is 20.0. The maximum absolute atomic E-state index is 13.8. The van der Waals surface area contributed by atoms with Crippen molar-refractivity contribution < 1.29 is 51.8 Å². The predicted octanol–water partition coefficient (Wildman–Crippen LogP) is 6.64. The Morgan fingerprint density at radius 3 is 1.60 bits per heavy atom. The van der Waals surface area contributed by atoms with Crippen LogP contribution in [0.1, 0.15) is 68.7 Å². The van der Waals surface area contributed by atoms with Gasteiger partial charge < -0.3 is 34.6 Å². The Morgan fingerprint density at radius 1 is 0.653 bits per heavy atom. The Labute approximate surface area is 416 Å². The molecule has 0 bridgehead atoms. The molecule has 2 atom stereocenters. The predicted molar refractivity (Wildman–Crippen MR) is 262 cm³/mol. The lowest BCUT2D eigenvalue weighted by molar-refractivity contribution is -0.135. The van der Waals surface area contributed by atoms with Gasteiger partial charge in [-0.25, -0.2) is 23.3 Å². The Hall–Kier alpha value is -7.54. The van der Waals surface area contributed by atoms with Gasteiger partial charge in [0.15, 0.2) is 11.1 Å². The largest absolute Gasteiger partial charge is 0.481 e. The number of rotatable bonds is 15. The van der Waals surface area contributed by atoms with Crippen LogP contribution in [-0.4, -0.2) is 98.1 Å². The van der Waals surface area contributed by atoms with Gasteiger partial charge in [0.2, 0.25) is 0 Å². The summed E-state index contributed by atoms with van der Waals surface area (Å²) in [6, 6.07) is 20.9. The second-order valence-corrected chi connectivity index (χ2v) is 25.6. The maximum Gasteiger partial charge on any atom is 0.327 e. The van der Waals surface area contributed by atoms with Gasteiger partial charge in [0.1, 0.15) is 43.1 Å². The number of ether oxygens (including phenoxy) is 3. The zero-order chi connectivity index (χ0) is 50.8. The molecule has 10 rings (SSSR count). The number of hydrogen-bond donors (Lipinski definition) is 3. The van der Waals surface area contributed by atoms with E-state index in [4.69, 9.17) is 14.2 Å². The minimum absolute atomic E-state index is 0.0905. The van der Waals surface area contributed by atoms with Crippen LogP contribution in [0.25, 0.3) is 0 Å². The lowest BCUT2D eigenvalue weighted by Crippen LogP contribution is -2.53. The Bertz CT molecular complexity index is 2950. The molecule has 15 nitrogen and oxygen atoms in total. The highest BCUT2D eigenvalue weighted by Gasteiger charge is 2.55. The summed E-state index contributed by atoms with van der Waals surface area (Å²) in [7, 11) is -1.36. The van der Waals surface area contributed by atoms with Crippen molar-refractivity contribution in [1.82, 2.24) is 30.7 Å². The number of carbonyl (C=O) groups is 6. The summed E-state index contributed by atoms with van der Waals surface area (Å²) in [4.78, 5) is 82.2. The van der Waals surface area contributed by atoms with Crippen molar-refractivity contribution in [3.63, 3.8) is 0 Å². The molecule has 4 fully saturated rings. The molecule has 18 heteroatoms. The van der Waals surface area contributed by atoms with Crippen LogP contribution in [0.5, 0.6) is 11.5 Å². The van der Waals surface area contributed by atoms with Crippen LogP contribution in [0.3, 0.4) is 0 Å². The summed E-state index contributed by atoms with van der Waals surface area (Å²) in [5, 5.41) is 7.66. The van der Waals surface area contributed by atoms with Crippen molar-refractivity contribution in [1.29, 1.82) is 0 Å². The highest BCUT2D eigenvalue weighted by Crippen LogP contribution is 2.36. The van der Waals surface area contributed by atoms with Crippen molar-refractivity contribution in [2.75, 3.05) is 39.6 Å². The zero-order valence-electron chi connectivity index (χ0n) is 40.2. The molecule has 0 unspecified atom stereocenters. The van der Waals surface area contributed by atoms with Gasteiger partial charge in [-0.2, -0.15) is 0 Å². The Kier molecular flexibility index (Phi) is 13.9. The first kappa shape index (κ1) is 49.4. The van der Waals surface area contributed by atoms with Crippen molar-refractivity contribution in [2.24, 2.45) is 11.8 Å². The summed E-state index contributed by atoms with van der Waals surface area (Å²) in [6.07, 6.45) is 4.58. The average molecular weight is 997 g/mol. The minimum atomic E-state index is -1.58. The number of nitrogens with one attached hydrogen (secondary N) is 3. The molecule has 2 saturated heterocycles. The fourth-order valence-corrected chi connectivity index (χ4v) is 9.55. The molecule has 4 aromatic carbocycles. The van der Waals surface area contributed by atoms with Gasteiger partial charge in [0.25, 0.3) is 23.6 Å². The first-order valence-electron chi connectivity index (χ1n) is 23.9. The van der Waals surface area contributed by atoms with E-state index in [0.717, 1.165) is 47.8 Å². The Balaban J connectivity index is 0.000000182. The first-order chi connectivity index (χ1) is 34.5. The van der Waals surface area contributed by atoms with Gasteiger partial charge in [-0.1, -0.05) is 79.7 Å². The van der Waals surface area contributed by atoms with Crippen LogP contribution >= 0.6 is 0 Å².